The van der Waals surface area contributed by atoms with Gasteiger partial charge in [0, 0.05) is 0 Å². The van der Waals surface area contributed by atoms with Crippen LogP contribution in [0.1, 0.15) is 10.5 Å². The molecule has 100 valence electrons. The molecule has 2 heterocycles. The van der Waals surface area contributed by atoms with Crippen LogP contribution in [0.5, 0.6) is 0 Å². The molecule has 0 aliphatic carbocycles. The highest BCUT2D eigenvalue weighted by Crippen LogP contribution is 2.18. The van der Waals surface area contributed by atoms with Crippen molar-refractivity contribution < 1.29 is 14.4 Å². The molecule has 2 rings (SSSR count). The second-order valence-electron chi connectivity index (χ2n) is 3.69. The van der Waals surface area contributed by atoms with Crippen LogP contribution < -0.4 is 5.32 Å². The average molecular weight is 301 g/mol. The lowest BCUT2D eigenvalue weighted by molar-refractivity contribution is -0.135. The summed E-state index contributed by atoms with van der Waals surface area (Å²) in [5.74, 6) is -1.62. The largest absolute Gasteiger partial charge is 0.319 e. The molecule has 0 aromatic carbocycles. The van der Waals surface area contributed by atoms with E-state index in [1.165, 1.54) is 18.0 Å². The fourth-order valence-corrected chi connectivity index (χ4v) is 2.04. The minimum absolute atomic E-state index is 0.0106. The molecule has 1 N–H and O–H groups in total. The van der Waals surface area contributed by atoms with Crippen LogP contribution in [0.4, 0.5) is 0 Å². The van der Waals surface area contributed by atoms with Crippen molar-refractivity contribution in [2.24, 2.45) is 0 Å². The first kappa shape index (κ1) is 13.8. The van der Waals surface area contributed by atoms with Gasteiger partial charge in [0.2, 0.25) is 11.8 Å². The Morgan fingerprint density at radius 3 is 2.63 bits per heavy atom. The van der Waals surface area contributed by atoms with Gasteiger partial charge < -0.3 is 4.90 Å². The SMILES string of the molecule is CSc1ncc(Cl)c(C(=O)N2CC(=O)NC(=O)C2)n1. The van der Waals surface area contributed by atoms with Crippen LogP contribution in [0, 0.1) is 0 Å². The van der Waals surface area contributed by atoms with E-state index in [1.807, 2.05) is 0 Å². The van der Waals surface area contributed by atoms with Gasteiger partial charge in [-0.1, -0.05) is 23.4 Å². The fourth-order valence-electron chi connectivity index (χ4n) is 1.53. The van der Waals surface area contributed by atoms with Crippen molar-refractivity contribution in [3.63, 3.8) is 0 Å². The van der Waals surface area contributed by atoms with Crippen molar-refractivity contribution in [2.45, 2.75) is 5.16 Å². The van der Waals surface area contributed by atoms with Crippen LogP contribution in [0.15, 0.2) is 11.4 Å². The van der Waals surface area contributed by atoms with Gasteiger partial charge in [-0.05, 0) is 6.26 Å². The second kappa shape index (κ2) is 5.54. The molecule has 7 nitrogen and oxygen atoms in total. The van der Waals surface area contributed by atoms with Crippen LogP contribution in [0.25, 0.3) is 0 Å². The van der Waals surface area contributed by atoms with E-state index < -0.39 is 17.7 Å². The maximum Gasteiger partial charge on any atom is 0.275 e. The number of piperazine rings is 1. The third-order valence-electron chi connectivity index (χ3n) is 2.34. The van der Waals surface area contributed by atoms with Gasteiger partial charge in [-0.15, -0.1) is 0 Å². The van der Waals surface area contributed by atoms with Gasteiger partial charge in [-0.3, -0.25) is 19.7 Å². The summed E-state index contributed by atoms with van der Waals surface area (Å²) in [6.45, 7) is -0.390. The Kier molecular flexibility index (Phi) is 4.01. The van der Waals surface area contributed by atoms with Crippen molar-refractivity contribution in [3.8, 4) is 0 Å². The van der Waals surface area contributed by atoms with Gasteiger partial charge in [0.25, 0.3) is 5.91 Å². The van der Waals surface area contributed by atoms with Crippen molar-refractivity contribution in [3.05, 3.63) is 16.9 Å². The third-order valence-corrected chi connectivity index (χ3v) is 3.18. The molecule has 9 heteroatoms. The van der Waals surface area contributed by atoms with E-state index in [2.05, 4.69) is 15.3 Å². The number of nitrogens with zero attached hydrogens (tertiary/aromatic N) is 3. The van der Waals surface area contributed by atoms with E-state index in [-0.39, 0.29) is 23.8 Å². The number of hydrogen-bond acceptors (Lipinski definition) is 6. The van der Waals surface area contributed by atoms with E-state index in [0.29, 0.717) is 5.16 Å². The zero-order chi connectivity index (χ0) is 14.0. The molecular weight excluding hydrogens is 292 g/mol. The molecule has 0 spiro atoms. The number of aromatic nitrogens is 2. The Bertz CT molecular complexity index is 550. The van der Waals surface area contributed by atoms with Crippen molar-refractivity contribution in [2.75, 3.05) is 19.3 Å². The summed E-state index contributed by atoms with van der Waals surface area (Å²) in [5.41, 5.74) is -0.0106. The topological polar surface area (TPSA) is 92.3 Å². The van der Waals surface area contributed by atoms with Crippen LogP contribution >= 0.6 is 23.4 Å². The van der Waals surface area contributed by atoms with E-state index >= 15 is 0 Å². The Morgan fingerprint density at radius 1 is 1.42 bits per heavy atom. The van der Waals surface area contributed by atoms with E-state index in [0.717, 1.165) is 4.90 Å². The number of thioether (sulfide) groups is 1. The summed E-state index contributed by atoms with van der Waals surface area (Å²) in [5, 5.41) is 2.58. The molecule has 19 heavy (non-hydrogen) atoms. The normalized spacial score (nSPS) is 15.4. The summed E-state index contributed by atoms with van der Waals surface area (Å²) in [7, 11) is 0. The first-order chi connectivity index (χ1) is 9.01. The lowest BCUT2D eigenvalue weighted by Gasteiger charge is -2.25. The maximum atomic E-state index is 12.2. The molecule has 1 aliphatic rings. The van der Waals surface area contributed by atoms with Crippen LogP contribution in [-0.4, -0.2) is 51.9 Å². The molecule has 1 aromatic rings. The second-order valence-corrected chi connectivity index (χ2v) is 4.87. The fraction of sp³-hybridized carbons (Fsp3) is 0.300. The van der Waals surface area contributed by atoms with Crippen LogP contribution in [-0.2, 0) is 9.59 Å². The molecule has 0 unspecified atom stereocenters. The minimum atomic E-state index is -0.564. The Labute approximate surface area is 117 Å². The molecule has 1 saturated heterocycles. The number of hydrogen-bond donors (Lipinski definition) is 1. The number of carbonyl (C=O) groups excluding carboxylic acids is 3. The molecule has 0 atom stereocenters. The summed E-state index contributed by atoms with van der Waals surface area (Å²) < 4.78 is 0. The van der Waals surface area contributed by atoms with E-state index in [1.54, 1.807) is 6.26 Å². The highest BCUT2D eigenvalue weighted by Gasteiger charge is 2.29. The van der Waals surface area contributed by atoms with Crippen molar-refractivity contribution >= 4 is 41.1 Å². The molecule has 3 amide bonds. The number of rotatable bonds is 2. The van der Waals surface area contributed by atoms with E-state index in [4.69, 9.17) is 11.6 Å². The van der Waals surface area contributed by atoms with Crippen molar-refractivity contribution in [1.82, 2.24) is 20.2 Å². The predicted octanol–water partition coefficient (Wildman–Crippen LogP) is -0.0495. The average Bonchev–Trinajstić information content (AvgIpc) is 2.37. The Hall–Kier alpha value is -1.67. The Balaban J connectivity index is 2.28. The molecular formula is C10H9ClN4O3S. The molecule has 0 saturated carbocycles. The molecule has 0 radical (unpaired) electrons. The summed E-state index contributed by atoms with van der Waals surface area (Å²) in [4.78, 5) is 43.7. The standard InChI is InChI=1S/C10H9ClN4O3S/c1-19-10-12-2-5(11)8(14-10)9(18)15-3-6(16)13-7(17)4-15/h2H,3-4H2,1H3,(H,13,16,17). The highest BCUT2D eigenvalue weighted by atomic mass is 35.5. The predicted molar refractivity (Wildman–Crippen MR) is 67.9 cm³/mol. The quantitative estimate of drug-likeness (QED) is 0.468. The molecule has 1 aliphatic heterocycles. The number of halogens is 1. The zero-order valence-electron chi connectivity index (χ0n) is 9.84. The van der Waals surface area contributed by atoms with Gasteiger partial charge in [0.1, 0.15) is 13.1 Å². The zero-order valence-corrected chi connectivity index (χ0v) is 11.4. The smallest absolute Gasteiger partial charge is 0.275 e. The van der Waals surface area contributed by atoms with Gasteiger partial charge in [-0.25, -0.2) is 9.97 Å². The number of amides is 3. The summed E-state index contributed by atoms with van der Waals surface area (Å²) in [6.07, 6.45) is 3.08. The lowest BCUT2D eigenvalue weighted by Crippen LogP contribution is -2.53. The first-order valence-electron chi connectivity index (χ1n) is 5.19. The highest BCUT2D eigenvalue weighted by molar-refractivity contribution is 7.98. The minimum Gasteiger partial charge on any atom is -0.319 e. The monoisotopic (exact) mass is 300 g/mol. The number of nitrogens with one attached hydrogen (secondary N) is 1. The summed E-state index contributed by atoms with van der Waals surface area (Å²) in [6, 6.07) is 0. The first-order valence-corrected chi connectivity index (χ1v) is 6.80. The third kappa shape index (κ3) is 3.02. The van der Waals surface area contributed by atoms with Gasteiger partial charge in [0.15, 0.2) is 10.9 Å². The van der Waals surface area contributed by atoms with Crippen molar-refractivity contribution in [1.29, 1.82) is 0 Å². The molecule has 0 bridgehead atoms. The van der Waals surface area contributed by atoms with Crippen LogP contribution in [0.2, 0.25) is 5.02 Å². The number of imide groups is 1. The van der Waals surface area contributed by atoms with Gasteiger partial charge >= 0.3 is 0 Å². The van der Waals surface area contributed by atoms with Crippen LogP contribution in [0.3, 0.4) is 0 Å². The lowest BCUT2D eigenvalue weighted by atomic mass is 10.3. The summed E-state index contributed by atoms with van der Waals surface area (Å²) >= 11 is 7.13. The molecule has 1 fully saturated rings. The number of carbonyl (C=O) groups is 3. The molecule has 1 aromatic heterocycles. The van der Waals surface area contributed by atoms with Gasteiger partial charge in [0.05, 0.1) is 11.2 Å². The maximum absolute atomic E-state index is 12.2. The van der Waals surface area contributed by atoms with E-state index in [9.17, 15) is 14.4 Å². The van der Waals surface area contributed by atoms with Gasteiger partial charge in [-0.2, -0.15) is 0 Å². The Morgan fingerprint density at radius 2 is 2.05 bits per heavy atom.